The lowest BCUT2D eigenvalue weighted by Crippen LogP contribution is -2.46. The first-order chi connectivity index (χ1) is 16.9. The molecule has 0 aliphatic carbocycles. The number of likely N-dealkylation sites (N-methyl/N-ethyl adjacent to an activating group) is 1. The summed E-state index contributed by atoms with van der Waals surface area (Å²) in [6.07, 6.45) is -1.40. The Kier molecular flexibility index (Phi) is 7.10. The molecular weight excluding hydrogens is 449 g/mol. The number of ether oxygens (including phenoxy) is 1. The van der Waals surface area contributed by atoms with Crippen molar-refractivity contribution >= 4 is 23.6 Å². The highest BCUT2D eigenvalue weighted by Crippen LogP contribution is 2.34. The second kappa shape index (κ2) is 10.4. The Morgan fingerprint density at radius 3 is 2.34 bits per heavy atom. The van der Waals surface area contributed by atoms with Crippen molar-refractivity contribution in [2.45, 2.75) is 32.5 Å². The minimum Gasteiger partial charge on any atom is -0.438 e. The first kappa shape index (κ1) is 23.9. The number of carbonyl (C=O) groups is 3. The van der Waals surface area contributed by atoms with Crippen LogP contribution >= 0.6 is 0 Å². The van der Waals surface area contributed by atoms with Crippen molar-refractivity contribution in [1.29, 1.82) is 0 Å². The van der Waals surface area contributed by atoms with Crippen molar-refractivity contribution in [3.63, 3.8) is 0 Å². The number of carbonyl (C=O) groups excluding carboxylic acids is 3. The fourth-order valence-electron chi connectivity index (χ4n) is 3.98. The molecule has 0 bridgehead atoms. The van der Waals surface area contributed by atoms with Crippen molar-refractivity contribution in [1.82, 2.24) is 10.2 Å². The van der Waals surface area contributed by atoms with Crippen molar-refractivity contribution < 1.29 is 23.5 Å². The van der Waals surface area contributed by atoms with Crippen molar-refractivity contribution in [3.05, 3.63) is 101 Å². The van der Waals surface area contributed by atoms with Crippen molar-refractivity contribution in [2.75, 3.05) is 11.9 Å². The standard InChI is InChI=1S/C27H26FN3O4/c1-3-29-26(33)23-24(35-27(34)31(23)16-18-10-8-17(2)9-11-18)19-12-14-20(15-13-19)30-25(32)21-6-4-5-7-22(21)28/h4-15,23-24H,3,16H2,1-2H3,(H,29,33)(H,30,32)/t23-,24-/m1/s1. The maximum atomic E-state index is 13.9. The lowest BCUT2D eigenvalue weighted by Gasteiger charge is -2.24. The van der Waals surface area contributed by atoms with E-state index in [4.69, 9.17) is 4.74 Å². The molecule has 0 unspecified atom stereocenters. The van der Waals surface area contributed by atoms with E-state index in [1.54, 1.807) is 30.3 Å². The third kappa shape index (κ3) is 5.32. The molecule has 180 valence electrons. The first-order valence-corrected chi connectivity index (χ1v) is 11.3. The van der Waals surface area contributed by atoms with Crippen LogP contribution in [0.2, 0.25) is 0 Å². The Morgan fingerprint density at radius 1 is 1.00 bits per heavy atom. The van der Waals surface area contributed by atoms with E-state index in [1.165, 1.54) is 23.1 Å². The Labute approximate surface area is 202 Å². The van der Waals surface area contributed by atoms with Crippen LogP contribution in [-0.2, 0) is 16.1 Å². The van der Waals surface area contributed by atoms with E-state index in [9.17, 15) is 18.8 Å². The molecule has 0 aromatic heterocycles. The number of nitrogens with one attached hydrogen (secondary N) is 2. The number of amides is 3. The summed E-state index contributed by atoms with van der Waals surface area (Å²) in [4.78, 5) is 39.5. The highest BCUT2D eigenvalue weighted by molar-refractivity contribution is 6.04. The van der Waals surface area contributed by atoms with Crippen molar-refractivity contribution in [2.24, 2.45) is 0 Å². The van der Waals surface area contributed by atoms with Crippen LogP contribution < -0.4 is 10.6 Å². The molecule has 0 saturated carbocycles. The molecular formula is C27H26FN3O4. The van der Waals surface area contributed by atoms with Crippen LogP contribution in [-0.4, -0.2) is 35.4 Å². The molecule has 8 heteroatoms. The number of hydrogen-bond acceptors (Lipinski definition) is 4. The Bertz CT molecular complexity index is 1230. The maximum Gasteiger partial charge on any atom is 0.411 e. The predicted octanol–water partition coefficient (Wildman–Crippen LogP) is 4.58. The summed E-state index contributed by atoms with van der Waals surface area (Å²) >= 11 is 0. The van der Waals surface area contributed by atoms with Gasteiger partial charge in [-0.15, -0.1) is 0 Å². The summed E-state index contributed by atoms with van der Waals surface area (Å²) in [5.74, 6) is -1.50. The van der Waals surface area contributed by atoms with Crippen LogP contribution in [0.1, 0.15) is 40.1 Å². The molecule has 35 heavy (non-hydrogen) atoms. The van der Waals surface area contributed by atoms with Gasteiger partial charge >= 0.3 is 6.09 Å². The smallest absolute Gasteiger partial charge is 0.411 e. The average molecular weight is 476 g/mol. The molecule has 0 radical (unpaired) electrons. The average Bonchev–Trinajstić information content (AvgIpc) is 3.17. The normalized spacial score (nSPS) is 17.1. The molecule has 3 amide bonds. The lowest BCUT2D eigenvalue weighted by atomic mass is 10.00. The Hall–Kier alpha value is -4.20. The van der Waals surface area contributed by atoms with E-state index >= 15 is 0 Å². The minimum atomic E-state index is -0.859. The van der Waals surface area contributed by atoms with E-state index in [0.29, 0.717) is 17.8 Å². The fraction of sp³-hybridized carbons (Fsp3) is 0.222. The highest BCUT2D eigenvalue weighted by Gasteiger charge is 2.46. The number of halogens is 1. The lowest BCUT2D eigenvalue weighted by molar-refractivity contribution is -0.126. The van der Waals surface area contributed by atoms with Gasteiger partial charge in [-0.2, -0.15) is 0 Å². The maximum absolute atomic E-state index is 13.9. The summed E-state index contributed by atoms with van der Waals surface area (Å²) in [6.45, 7) is 4.43. The molecule has 3 aromatic carbocycles. The number of hydrogen-bond donors (Lipinski definition) is 2. The highest BCUT2D eigenvalue weighted by atomic mass is 19.1. The fourth-order valence-corrected chi connectivity index (χ4v) is 3.98. The van der Waals surface area contributed by atoms with Gasteiger partial charge in [0.25, 0.3) is 5.91 Å². The number of nitrogens with zero attached hydrogens (tertiary/aromatic N) is 1. The van der Waals surface area contributed by atoms with Gasteiger partial charge in [0.1, 0.15) is 5.82 Å². The Morgan fingerprint density at radius 2 is 1.69 bits per heavy atom. The zero-order valence-corrected chi connectivity index (χ0v) is 19.5. The van der Waals surface area contributed by atoms with Crippen LogP contribution in [0, 0.1) is 12.7 Å². The molecule has 1 saturated heterocycles. The molecule has 1 fully saturated rings. The van der Waals surface area contributed by atoms with E-state index < -0.39 is 30.0 Å². The molecule has 2 N–H and O–H groups in total. The van der Waals surface area contributed by atoms with Gasteiger partial charge in [0.05, 0.1) is 12.1 Å². The molecule has 1 aliphatic rings. The van der Waals surface area contributed by atoms with Crippen LogP contribution in [0.5, 0.6) is 0 Å². The van der Waals surface area contributed by atoms with Crippen LogP contribution in [0.4, 0.5) is 14.9 Å². The largest absolute Gasteiger partial charge is 0.438 e. The SMILES string of the molecule is CCNC(=O)[C@H]1[C@@H](c2ccc(NC(=O)c3ccccc3F)cc2)OC(=O)N1Cc1ccc(C)cc1. The monoisotopic (exact) mass is 475 g/mol. The Balaban J connectivity index is 1.54. The number of anilines is 1. The number of rotatable bonds is 7. The second-order valence-electron chi connectivity index (χ2n) is 8.31. The third-order valence-electron chi connectivity index (χ3n) is 5.79. The topological polar surface area (TPSA) is 87.7 Å². The van der Waals surface area contributed by atoms with Gasteiger partial charge in [0.2, 0.25) is 5.91 Å². The summed E-state index contributed by atoms with van der Waals surface area (Å²) in [7, 11) is 0. The molecule has 0 spiro atoms. The summed E-state index contributed by atoms with van der Waals surface area (Å²) in [6, 6.07) is 19.2. The first-order valence-electron chi connectivity index (χ1n) is 11.3. The minimum absolute atomic E-state index is 0.0654. The molecule has 3 aromatic rings. The number of cyclic esters (lactones) is 1. The van der Waals surface area contributed by atoms with Gasteiger partial charge in [-0.05, 0) is 49.2 Å². The van der Waals surface area contributed by atoms with E-state index in [2.05, 4.69) is 10.6 Å². The van der Waals surface area contributed by atoms with Gasteiger partial charge in [0.15, 0.2) is 12.1 Å². The van der Waals surface area contributed by atoms with Crippen LogP contribution in [0.15, 0.2) is 72.8 Å². The van der Waals surface area contributed by atoms with Gasteiger partial charge in [0, 0.05) is 12.2 Å². The van der Waals surface area contributed by atoms with Gasteiger partial charge in [-0.25, -0.2) is 9.18 Å². The van der Waals surface area contributed by atoms with Crippen LogP contribution in [0.25, 0.3) is 0 Å². The molecule has 1 aliphatic heterocycles. The van der Waals surface area contributed by atoms with Gasteiger partial charge in [-0.3, -0.25) is 14.5 Å². The summed E-state index contributed by atoms with van der Waals surface area (Å²) in [5, 5.41) is 5.44. The zero-order chi connectivity index (χ0) is 24.9. The van der Waals surface area contributed by atoms with Gasteiger partial charge < -0.3 is 15.4 Å². The summed E-state index contributed by atoms with van der Waals surface area (Å²) < 4.78 is 19.5. The quantitative estimate of drug-likeness (QED) is 0.524. The number of benzene rings is 3. The number of aryl methyl sites for hydroxylation is 1. The van der Waals surface area contributed by atoms with E-state index in [1.807, 2.05) is 38.1 Å². The molecule has 4 rings (SSSR count). The van der Waals surface area contributed by atoms with E-state index in [0.717, 1.165) is 11.1 Å². The molecule has 1 heterocycles. The second-order valence-corrected chi connectivity index (χ2v) is 8.31. The predicted molar refractivity (Wildman–Crippen MR) is 129 cm³/mol. The molecule has 2 atom stereocenters. The van der Waals surface area contributed by atoms with E-state index in [-0.39, 0.29) is 18.0 Å². The van der Waals surface area contributed by atoms with Crippen molar-refractivity contribution in [3.8, 4) is 0 Å². The van der Waals surface area contributed by atoms with Crippen LogP contribution in [0.3, 0.4) is 0 Å². The zero-order valence-electron chi connectivity index (χ0n) is 19.5. The summed E-state index contributed by atoms with van der Waals surface area (Å²) in [5.41, 5.74) is 2.96. The third-order valence-corrected chi connectivity index (χ3v) is 5.79. The van der Waals surface area contributed by atoms with Gasteiger partial charge in [-0.1, -0.05) is 54.1 Å². The molecule has 7 nitrogen and oxygen atoms in total.